The van der Waals surface area contributed by atoms with Crippen molar-refractivity contribution in [1.29, 1.82) is 0 Å². The van der Waals surface area contributed by atoms with Gasteiger partial charge in [-0.15, -0.1) is 0 Å². The first-order chi connectivity index (χ1) is 6.75. The minimum absolute atomic E-state index is 0.0110. The predicted octanol–water partition coefficient (Wildman–Crippen LogP) is 0.462. The van der Waals surface area contributed by atoms with Crippen LogP contribution in [0.4, 0.5) is 0 Å². The second kappa shape index (κ2) is 3.67. The van der Waals surface area contributed by atoms with Crippen LogP contribution in [0, 0.1) is 0 Å². The molecule has 74 valence electrons. The average molecular weight is 192 g/mol. The molecule has 1 fully saturated rings. The molecule has 4 nitrogen and oxygen atoms in total. The molecule has 2 heterocycles. The number of hydrogen-bond donors (Lipinski definition) is 1. The SMILES string of the molecule is NC1CN(C(=O)/C=C/c2ccco2)C1. The summed E-state index contributed by atoms with van der Waals surface area (Å²) < 4.78 is 5.05. The molecule has 0 aromatic carbocycles. The van der Waals surface area contributed by atoms with Crippen molar-refractivity contribution < 1.29 is 9.21 Å². The van der Waals surface area contributed by atoms with Gasteiger partial charge in [0, 0.05) is 25.2 Å². The van der Waals surface area contributed by atoms with Gasteiger partial charge in [-0.1, -0.05) is 0 Å². The van der Waals surface area contributed by atoms with E-state index in [1.165, 1.54) is 6.08 Å². The molecule has 0 unspecified atom stereocenters. The zero-order valence-corrected chi connectivity index (χ0v) is 7.72. The van der Waals surface area contributed by atoms with Gasteiger partial charge >= 0.3 is 0 Å². The normalized spacial score (nSPS) is 17.4. The Balaban J connectivity index is 1.89. The molecule has 0 atom stereocenters. The molecule has 1 aromatic heterocycles. The standard InChI is InChI=1S/C10H12N2O2/c11-8-6-12(7-8)10(13)4-3-9-2-1-5-14-9/h1-5,8H,6-7,11H2/b4-3+. The van der Waals surface area contributed by atoms with Gasteiger partial charge in [-0.3, -0.25) is 4.79 Å². The van der Waals surface area contributed by atoms with Crippen LogP contribution < -0.4 is 5.73 Å². The Labute approximate surface area is 82.0 Å². The molecular weight excluding hydrogens is 180 g/mol. The number of nitrogens with zero attached hydrogens (tertiary/aromatic N) is 1. The van der Waals surface area contributed by atoms with Crippen LogP contribution in [0.5, 0.6) is 0 Å². The summed E-state index contributed by atoms with van der Waals surface area (Å²) in [6, 6.07) is 3.73. The number of nitrogens with two attached hydrogens (primary N) is 1. The van der Waals surface area contributed by atoms with Gasteiger partial charge in [0.25, 0.3) is 0 Å². The highest BCUT2D eigenvalue weighted by atomic mass is 16.3. The van der Waals surface area contributed by atoms with Crippen LogP contribution in [0.2, 0.25) is 0 Å². The first-order valence-corrected chi connectivity index (χ1v) is 4.52. The monoisotopic (exact) mass is 192 g/mol. The van der Waals surface area contributed by atoms with E-state index in [9.17, 15) is 4.79 Å². The summed E-state index contributed by atoms with van der Waals surface area (Å²) in [5, 5.41) is 0. The van der Waals surface area contributed by atoms with Crippen molar-refractivity contribution in [3.05, 3.63) is 30.2 Å². The fourth-order valence-corrected chi connectivity index (χ4v) is 1.34. The highest BCUT2D eigenvalue weighted by Gasteiger charge is 2.25. The summed E-state index contributed by atoms with van der Waals surface area (Å²) >= 11 is 0. The minimum atomic E-state index is -0.0110. The number of carbonyl (C=O) groups excluding carboxylic acids is 1. The van der Waals surface area contributed by atoms with Crippen molar-refractivity contribution >= 4 is 12.0 Å². The fraction of sp³-hybridized carbons (Fsp3) is 0.300. The van der Waals surface area contributed by atoms with E-state index in [2.05, 4.69) is 0 Å². The van der Waals surface area contributed by atoms with Crippen molar-refractivity contribution in [2.75, 3.05) is 13.1 Å². The molecule has 4 heteroatoms. The molecule has 1 saturated heterocycles. The second-order valence-corrected chi connectivity index (χ2v) is 3.35. The molecule has 2 N–H and O–H groups in total. The number of likely N-dealkylation sites (tertiary alicyclic amines) is 1. The van der Waals surface area contributed by atoms with Crippen LogP contribution in [-0.2, 0) is 4.79 Å². The smallest absolute Gasteiger partial charge is 0.246 e. The first kappa shape index (κ1) is 9.02. The highest BCUT2D eigenvalue weighted by molar-refractivity contribution is 5.92. The van der Waals surface area contributed by atoms with Gasteiger partial charge in [0.15, 0.2) is 0 Å². The Kier molecular flexibility index (Phi) is 2.37. The van der Waals surface area contributed by atoms with Crippen LogP contribution >= 0.6 is 0 Å². The quantitative estimate of drug-likeness (QED) is 0.692. The van der Waals surface area contributed by atoms with Gasteiger partial charge in [-0.25, -0.2) is 0 Å². The summed E-state index contributed by atoms with van der Waals surface area (Å²) in [6.07, 6.45) is 4.74. The van der Waals surface area contributed by atoms with Crippen LogP contribution in [0.15, 0.2) is 28.9 Å². The molecular formula is C10H12N2O2. The van der Waals surface area contributed by atoms with E-state index in [4.69, 9.17) is 10.2 Å². The third-order valence-corrected chi connectivity index (χ3v) is 2.15. The number of carbonyl (C=O) groups is 1. The number of rotatable bonds is 2. The highest BCUT2D eigenvalue weighted by Crippen LogP contribution is 2.08. The van der Waals surface area contributed by atoms with Crippen LogP contribution in [0.1, 0.15) is 5.76 Å². The zero-order chi connectivity index (χ0) is 9.97. The van der Waals surface area contributed by atoms with Crippen molar-refractivity contribution in [3.8, 4) is 0 Å². The predicted molar refractivity (Wildman–Crippen MR) is 52.3 cm³/mol. The van der Waals surface area contributed by atoms with Gasteiger partial charge < -0.3 is 15.1 Å². The maximum atomic E-state index is 11.4. The molecule has 1 aliphatic heterocycles. The lowest BCUT2D eigenvalue weighted by molar-refractivity contribution is -0.130. The van der Waals surface area contributed by atoms with E-state index in [0.717, 1.165) is 0 Å². The van der Waals surface area contributed by atoms with Gasteiger partial charge in [-0.2, -0.15) is 0 Å². The molecule has 2 rings (SSSR count). The molecule has 0 radical (unpaired) electrons. The zero-order valence-electron chi connectivity index (χ0n) is 7.72. The van der Waals surface area contributed by atoms with E-state index < -0.39 is 0 Å². The molecule has 1 aliphatic rings. The van der Waals surface area contributed by atoms with Crippen LogP contribution in [0.25, 0.3) is 6.08 Å². The lowest BCUT2D eigenvalue weighted by Gasteiger charge is -2.35. The van der Waals surface area contributed by atoms with Crippen molar-refractivity contribution in [2.45, 2.75) is 6.04 Å². The van der Waals surface area contributed by atoms with Crippen LogP contribution in [0.3, 0.4) is 0 Å². The minimum Gasteiger partial charge on any atom is -0.465 e. The molecule has 0 spiro atoms. The summed E-state index contributed by atoms with van der Waals surface area (Å²) in [5.41, 5.74) is 5.56. The number of hydrogen-bond acceptors (Lipinski definition) is 3. The lowest BCUT2D eigenvalue weighted by atomic mass is 10.1. The Morgan fingerprint density at radius 2 is 2.43 bits per heavy atom. The Bertz CT molecular complexity index is 337. The van der Waals surface area contributed by atoms with E-state index >= 15 is 0 Å². The van der Waals surface area contributed by atoms with E-state index in [1.807, 2.05) is 0 Å². The molecule has 0 bridgehead atoms. The fourth-order valence-electron chi connectivity index (χ4n) is 1.34. The largest absolute Gasteiger partial charge is 0.465 e. The average Bonchev–Trinajstić information content (AvgIpc) is 2.61. The first-order valence-electron chi connectivity index (χ1n) is 4.52. The molecule has 0 saturated carbocycles. The lowest BCUT2D eigenvalue weighted by Crippen LogP contribution is -2.57. The summed E-state index contributed by atoms with van der Waals surface area (Å²) in [6.45, 7) is 1.31. The topological polar surface area (TPSA) is 59.5 Å². The molecule has 14 heavy (non-hydrogen) atoms. The van der Waals surface area contributed by atoms with Crippen molar-refractivity contribution in [3.63, 3.8) is 0 Å². The van der Waals surface area contributed by atoms with Crippen molar-refractivity contribution in [1.82, 2.24) is 4.90 Å². The van der Waals surface area contributed by atoms with E-state index in [1.54, 1.807) is 29.4 Å². The Morgan fingerprint density at radius 1 is 1.64 bits per heavy atom. The summed E-state index contributed by atoms with van der Waals surface area (Å²) in [4.78, 5) is 13.1. The van der Waals surface area contributed by atoms with Gasteiger partial charge in [0.2, 0.25) is 5.91 Å². The maximum absolute atomic E-state index is 11.4. The van der Waals surface area contributed by atoms with E-state index in [0.29, 0.717) is 18.8 Å². The molecule has 1 aromatic rings. The molecule has 1 amide bonds. The Morgan fingerprint density at radius 3 is 3.00 bits per heavy atom. The summed E-state index contributed by atoms with van der Waals surface area (Å²) in [5.74, 6) is 0.672. The van der Waals surface area contributed by atoms with Gasteiger partial charge in [-0.05, 0) is 18.2 Å². The third-order valence-electron chi connectivity index (χ3n) is 2.15. The maximum Gasteiger partial charge on any atom is 0.246 e. The summed E-state index contributed by atoms with van der Waals surface area (Å²) in [7, 11) is 0. The number of furan rings is 1. The Hall–Kier alpha value is -1.55. The third kappa shape index (κ3) is 1.85. The van der Waals surface area contributed by atoms with E-state index in [-0.39, 0.29) is 11.9 Å². The number of amides is 1. The van der Waals surface area contributed by atoms with Crippen molar-refractivity contribution in [2.24, 2.45) is 5.73 Å². The second-order valence-electron chi connectivity index (χ2n) is 3.35. The van der Waals surface area contributed by atoms with Crippen LogP contribution in [-0.4, -0.2) is 29.9 Å². The van der Waals surface area contributed by atoms with Gasteiger partial charge in [0.05, 0.1) is 6.26 Å². The van der Waals surface area contributed by atoms with Gasteiger partial charge in [0.1, 0.15) is 5.76 Å². The molecule has 0 aliphatic carbocycles.